The lowest BCUT2D eigenvalue weighted by Crippen LogP contribution is -2.68. The molecule has 0 fully saturated rings. The first-order valence-corrected chi connectivity index (χ1v) is 12.6. The molecule has 0 spiro atoms. The van der Waals surface area contributed by atoms with Crippen LogP contribution in [0.5, 0.6) is 0 Å². The third kappa shape index (κ3) is 3.77. The van der Waals surface area contributed by atoms with Gasteiger partial charge in [-0.15, -0.1) is 0 Å². The summed E-state index contributed by atoms with van der Waals surface area (Å²) < 4.78 is 39.4. The van der Waals surface area contributed by atoms with Crippen molar-refractivity contribution in [1.29, 1.82) is 0 Å². The fourth-order valence-corrected chi connectivity index (χ4v) is 6.79. The molecule has 6 nitrogen and oxygen atoms in total. The third-order valence-electron chi connectivity index (χ3n) is 5.40. The maximum absolute atomic E-state index is 11.6. The predicted octanol–water partition coefficient (Wildman–Crippen LogP) is 2.12. The number of para-hydroxylation sites is 1. The molecule has 0 N–H and O–H groups in total. The van der Waals surface area contributed by atoms with E-state index >= 15 is 0 Å². The van der Waals surface area contributed by atoms with Crippen LogP contribution in [0.15, 0.2) is 81.6 Å². The van der Waals surface area contributed by atoms with Crippen LogP contribution < -0.4 is 23.5 Å². The van der Waals surface area contributed by atoms with Gasteiger partial charge >= 0.3 is 0 Å². The number of quaternary nitrogens is 1. The lowest BCUT2D eigenvalue weighted by molar-refractivity contribution is -1.92. The van der Waals surface area contributed by atoms with Gasteiger partial charge in [0.2, 0.25) is 5.69 Å². The highest BCUT2D eigenvalue weighted by Gasteiger charge is 2.57. The van der Waals surface area contributed by atoms with Crippen molar-refractivity contribution in [3.05, 3.63) is 71.8 Å². The van der Waals surface area contributed by atoms with E-state index in [1.807, 2.05) is 61.6 Å². The number of rotatable bonds is 2. The summed E-state index contributed by atoms with van der Waals surface area (Å²) in [6, 6.07) is 19.6. The fourth-order valence-electron chi connectivity index (χ4n) is 3.95. The summed E-state index contributed by atoms with van der Waals surface area (Å²) in [6.45, 7) is 0. The van der Waals surface area contributed by atoms with Crippen molar-refractivity contribution in [2.24, 2.45) is 0 Å². The molecular weight excluding hydrogens is 468 g/mol. The number of benzene rings is 3. The molecule has 2 unspecified atom stereocenters. The summed E-state index contributed by atoms with van der Waals surface area (Å²) in [7, 11) is -1.14. The van der Waals surface area contributed by atoms with E-state index in [2.05, 4.69) is 22.8 Å². The van der Waals surface area contributed by atoms with Crippen molar-refractivity contribution >= 4 is 45.7 Å². The van der Waals surface area contributed by atoms with E-state index in [9.17, 15) is 14.0 Å². The summed E-state index contributed by atoms with van der Waals surface area (Å²) in [5, 5.41) is 2.08. The van der Waals surface area contributed by atoms with Crippen LogP contribution >= 0.6 is 23.5 Å². The van der Waals surface area contributed by atoms with Gasteiger partial charge < -0.3 is 4.90 Å². The number of anilines is 1. The number of hydrogen-bond donors (Lipinski definition) is 0. The molecule has 0 aliphatic carbocycles. The molecule has 2 atom stereocenters. The van der Waals surface area contributed by atoms with E-state index in [0.29, 0.717) is 5.69 Å². The normalized spacial score (nSPS) is 23.2. The SMILES string of the molecule is CN1C(=CC#CC2Sc3ccc4ccccc4c3[N+]2(C)O[Cl+3]([O-])([O-])[O-])Sc2ccccc21. The maximum Gasteiger partial charge on any atom is 0.276 e. The first-order valence-electron chi connectivity index (χ1n) is 9.65. The van der Waals surface area contributed by atoms with Gasteiger partial charge in [0, 0.05) is 28.1 Å². The molecular formula is C23H18ClN2O4S2+. The molecule has 5 rings (SSSR count). The van der Waals surface area contributed by atoms with Crippen LogP contribution in [0, 0.1) is 22.1 Å². The Hall–Kier alpha value is -2.19. The van der Waals surface area contributed by atoms with Crippen molar-refractivity contribution in [2.45, 2.75) is 15.2 Å². The summed E-state index contributed by atoms with van der Waals surface area (Å²) in [4.78, 5) is 4.04. The molecule has 0 bridgehead atoms. The average Bonchev–Trinajstić information content (AvgIpc) is 3.21. The minimum atomic E-state index is -4.68. The second-order valence-corrected chi connectivity index (χ2v) is 10.5. The Morgan fingerprint density at radius 3 is 2.56 bits per heavy atom. The van der Waals surface area contributed by atoms with E-state index in [1.165, 1.54) is 11.8 Å². The molecule has 3 aromatic rings. The highest BCUT2D eigenvalue weighted by molar-refractivity contribution is 8.03. The van der Waals surface area contributed by atoms with Crippen LogP contribution in [0.1, 0.15) is 0 Å². The zero-order valence-corrected chi connectivity index (χ0v) is 19.5. The summed E-state index contributed by atoms with van der Waals surface area (Å²) >= 11 is 3.01. The number of thioether (sulfide) groups is 2. The van der Waals surface area contributed by atoms with Gasteiger partial charge in [-0.1, -0.05) is 54.1 Å². The highest BCUT2D eigenvalue weighted by Crippen LogP contribution is 2.51. The average molecular weight is 486 g/mol. The molecule has 162 valence electrons. The quantitative estimate of drug-likeness (QED) is 0.406. The van der Waals surface area contributed by atoms with E-state index in [4.69, 9.17) is 4.39 Å². The number of nitrogens with zero attached hydrogens (tertiary/aromatic N) is 2. The Bertz CT molecular complexity index is 1310. The molecule has 9 heteroatoms. The zero-order valence-electron chi connectivity index (χ0n) is 17.2. The van der Waals surface area contributed by atoms with Crippen molar-refractivity contribution in [1.82, 2.24) is 4.65 Å². The number of fused-ring (bicyclic) bond motifs is 4. The smallest absolute Gasteiger partial charge is 0.276 e. The number of hydroxylamine groups is 2. The van der Waals surface area contributed by atoms with Crippen molar-refractivity contribution in [3.8, 4) is 11.8 Å². The van der Waals surface area contributed by atoms with Crippen LogP contribution in [0.2, 0.25) is 0 Å². The largest absolute Gasteiger partial charge is 0.338 e. The monoisotopic (exact) mass is 485 g/mol. The molecule has 3 aromatic carbocycles. The molecule has 0 amide bonds. The van der Waals surface area contributed by atoms with Crippen LogP contribution in [0.4, 0.5) is 11.4 Å². The molecule has 32 heavy (non-hydrogen) atoms. The maximum atomic E-state index is 11.6. The molecule has 0 aromatic heterocycles. The van der Waals surface area contributed by atoms with Gasteiger partial charge in [0.25, 0.3) is 9.76 Å². The van der Waals surface area contributed by atoms with Crippen molar-refractivity contribution < 1.29 is 28.6 Å². The number of allylic oxidation sites excluding steroid dienone is 1. The molecule has 2 aliphatic rings. The minimum absolute atomic E-state index is 0.575. The van der Waals surface area contributed by atoms with Crippen LogP contribution in [-0.2, 0) is 4.39 Å². The first kappa shape index (κ1) is 21.6. The van der Waals surface area contributed by atoms with Gasteiger partial charge in [-0.3, -0.25) is 0 Å². The van der Waals surface area contributed by atoms with E-state index in [-0.39, 0.29) is 0 Å². The summed E-state index contributed by atoms with van der Waals surface area (Å²) in [5.41, 5.74) is 1.73. The third-order valence-corrected chi connectivity index (χ3v) is 8.34. The molecule has 0 saturated carbocycles. The second-order valence-electron chi connectivity index (χ2n) is 7.44. The molecule has 0 saturated heterocycles. The first-order chi connectivity index (χ1) is 15.3. The topological polar surface area (TPSA) is 81.7 Å². The summed E-state index contributed by atoms with van der Waals surface area (Å²) in [5.74, 6) is 6.18. The van der Waals surface area contributed by atoms with Crippen molar-refractivity contribution in [3.63, 3.8) is 0 Å². The van der Waals surface area contributed by atoms with E-state index in [0.717, 1.165) is 31.3 Å². The fraction of sp³-hybridized carbons (Fsp3) is 0.130. The van der Waals surface area contributed by atoms with Crippen LogP contribution in [0.3, 0.4) is 0 Å². The lowest BCUT2D eigenvalue weighted by Gasteiger charge is -2.25. The Balaban J connectivity index is 1.53. The van der Waals surface area contributed by atoms with E-state index in [1.54, 1.807) is 24.9 Å². The minimum Gasteiger partial charge on any atom is -0.338 e. The van der Waals surface area contributed by atoms with Gasteiger partial charge in [0.15, 0.2) is 0 Å². The van der Waals surface area contributed by atoms with Gasteiger partial charge in [-0.05, 0) is 47.3 Å². The van der Waals surface area contributed by atoms with Crippen molar-refractivity contribution in [2.75, 3.05) is 19.0 Å². The Morgan fingerprint density at radius 1 is 1.03 bits per heavy atom. The highest BCUT2D eigenvalue weighted by atomic mass is 35.7. The Morgan fingerprint density at radius 2 is 1.78 bits per heavy atom. The molecule has 0 radical (unpaired) electrons. The molecule has 2 aliphatic heterocycles. The van der Waals surface area contributed by atoms with Crippen LogP contribution in [-0.4, -0.2) is 19.5 Å². The standard InChI is InChI=1S/C23H18ClN2O4S2/c1-25-18-10-5-6-11-19(18)31-21(25)12-7-13-22-26(2,30-24(27,28)29)23-17-9-4-3-8-16(17)14-15-20(23)32-22/h3-6,8-12,14-15,22H,1-2H3/q+1. The van der Waals surface area contributed by atoms with Gasteiger partial charge in [0.1, 0.15) is 17.3 Å². The second kappa shape index (κ2) is 7.99. The van der Waals surface area contributed by atoms with Gasteiger partial charge in [-0.25, -0.2) is 0 Å². The predicted molar refractivity (Wildman–Crippen MR) is 119 cm³/mol. The van der Waals surface area contributed by atoms with E-state index < -0.39 is 20.3 Å². The lowest BCUT2D eigenvalue weighted by atomic mass is 10.1. The van der Waals surface area contributed by atoms with Gasteiger partial charge in [0.05, 0.1) is 15.6 Å². The summed E-state index contributed by atoms with van der Waals surface area (Å²) in [6.07, 6.45) is 1.81. The molecule has 2 heterocycles. The van der Waals surface area contributed by atoms with Crippen LogP contribution in [0.25, 0.3) is 10.8 Å². The van der Waals surface area contributed by atoms with Gasteiger partial charge in [-0.2, -0.15) is 14.0 Å². The zero-order chi connectivity index (χ0) is 22.5. The number of halogens is 1. The number of hydrogen-bond acceptors (Lipinski definition) is 7. The Kier molecular flexibility index (Phi) is 5.40. The Labute approximate surface area is 196 Å².